The van der Waals surface area contributed by atoms with Crippen LogP contribution >= 0.6 is 15.9 Å². The first-order valence-electron chi connectivity index (χ1n) is 3.29. The topological polar surface area (TPSA) is 12.9 Å². The van der Waals surface area contributed by atoms with Gasteiger partial charge in [-0.15, -0.1) is 0 Å². The van der Waals surface area contributed by atoms with E-state index in [1.54, 1.807) is 0 Å². The zero-order valence-corrected chi connectivity index (χ0v) is 7.56. The van der Waals surface area contributed by atoms with E-state index in [4.69, 9.17) is 0 Å². The maximum absolute atomic E-state index is 4.08. The zero-order chi connectivity index (χ0) is 7.40. The van der Waals surface area contributed by atoms with Crippen molar-refractivity contribution >= 4 is 15.9 Å². The second kappa shape index (κ2) is 3.71. The molecule has 2 heteroatoms. The molecular formula is C8H10BrN. The van der Waals surface area contributed by atoms with Gasteiger partial charge in [0.1, 0.15) is 0 Å². The molecule has 0 bridgehead atoms. The first kappa shape index (κ1) is 7.73. The van der Waals surface area contributed by atoms with E-state index < -0.39 is 0 Å². The molecule has 10 heavy (non-hydrogen) atoms. The van der Waals surface area contributed by atoms with Gasteiger partial charge in [-0.05, 0) is 24.5 Å². The minimum Gasteiger partial charge on any atom is -0.264 e. The molecule has 1 aromatic heterocycles. The van der Waals surface area contributed by atoms with Crippen molar-refractivity contribution in [2.24, 2.45) is 0 Å². The van der Waals surface area contributed by atoms with E-state index in [0.717, 1.165) is 11.8 Å². The van der Waals surface area contributed by atoms with Crippen molar-refractivity contribution in [3.8, 4) is 0 Å². The van der Waals surface area contributed by atoms with Crippen molar-refractivity contribution in [3.05, 3.63) is 29.6 Å². The van der Waals surface area contributed by atoms with E-state index in [1.165, 1.54) is 11.1 Å². The number of pyridine rings is 1. The largest absolute Gasteiger partial charge is 0.264 e. The Labute approximate surface area is 69.6 Å². The number of aromatic nitrogens is 1. The lowest BCUT2D eigenvalue weighted by molar-refractivity contribution is 1.11. The quantitative estimate of drug-likeness (QED) is 0.667. The van der Waals surface area contributed by atoms with E-state index in [2.05, 4.69) is 33.9 Å². The number of hydrogen-bond acceptors (Lipinski definition) is 1. The number of halogens is 1. The lowest BCUT2D eigenvalue weighted by atomic mass is 10.2. The van der Waals surface area contributed by atoms with E-state index in [9.17, 15) is 0 Å². The summed E-state index contributed by atoms with van der Waals surface area (Å²) in [7, 11) is 0. The Kier molecular flexibility index (Phi) is 2.87. The SMILES string of the molecule is Cc1cncc(CCBr)c1. The summed E-state index contributed by atoms with van der Waals surface area (Å²) in [5.41, 5.74) is 2.54. The van der Waals surface area contributed by atoms with Crippen LogP contribution in [0.15, 0.2) is 18.5 Å². The summed E-state index contributed by atoms with van der Waals surface area (Å²) in [5.74, 6) is 0. The van der Waals surface area contributed by atoms with Gasteiger partial charge < -0.3 is 0 Å². The minimum absolute atomic E-state index is 1.01. The molecule has 0 radical (unpaired) electrons. The molecule has 0 unspecified atom stereocenters. The molecule has 1 heterocycles. The van der Waals surface area contributed by atoms with E-state index >= 15 is 0 Å². The standard InChI is InChI=1S/C8H10BrN/c1-7-4-8(2-3-9)6-10-5-7/h4-6H,2-3H2,1H3. The van der Waals surface area contributed by atoms with Crippen LogP contribution in [0.1, 0.15) is 11.1 Å². The van der Waals surface area contributed by atoms with E-state index in [-0.39, 0.29) is 0 Å². The summed E-state index contributed by atoms with van der Waals surface area (Å²) in [4.78, 5) is 4.08. The predicted molar refractivity (Wildman–Crippen MR) is 46.5 cm³/mol. The monoisotopic (exact) mass is 199 g/mol. The number of nitrogens with zero attached hydrogens (tertiary/aromatic N) is 1. The second-order valence-electron chi connectivity index (χ2n) is 2.31. The van der Waals surface area contributed by atoms with Gasteiger partial charge in [-0.1, -0.05) is 22.0 Å². The molecule has 0 aliphatic carbocycles. The average Bonchev–Trinajstić information content (AvgIpc) is 1.88. The average molecular weight is 200 g/mol. The van der Waals surface area contributed by atoms with Gasteiger partial charge in [0.25, 0.3) is 0 Å². The van der Waals surface area contributed by atoms with Gasteiger partial charge in [-0.2, -0.15) is 0 Å². The van der Waals surface area contributed by atoms with Crippen LogP contribution in [0.3, 0.4) is 0 Å². The number of alkyl halides is 1. The highest BCUT2D eigenvalue weighted by atomic mass is 79.9. The van der Waals surface area contributed by atoms with Crippen molar-refractivity contribution < 1.29 is 0 Å². The van der Waals surface area contributed by atoms with Gasteiger partial charge in [-0.3, -0.25) is 4.98 Å². The molecule has 0 spiro atoms. The maximum Gasteiger partial charge on any atom is 0.0300 e. The van der Waals surface area contributed by atoms with Gasteiger partial charge in [0.05, 0.1) is 0 Å². The highest BCUT2D eigenvalue weighted by molar-refractivity contribution is 9.09. The predicted octanol–water partition coefficient (Wildman–Crippen LogP) is 2.33. The van der Waals surface area contributed by atoms with Gasteiger partial charge >= 0.3 is 0 Å². The van der Waals surface area contributed by atoms with Crippen molar-refractivity contribution in [2.75, 3.05) is 5.33 Å². The summed E-state index contributed by atoms with van der Waals surface area (Å²) in [6.45, 7) is 2.06. The van der Waals surface area contributed by atoms with Gasteiger partial charge in [0.15, 0.2) is 0 Å². The highest BCUT2D eigenvalue weighted by Crippen LogP contribution is 2.02. The molecule has 0 N–H and O–H groups in total. The summed E-state index contributed by atoms with van der Waals surface area (Å²) in [6, 6.07) is 2.16. The normalized spacial score (nSPS) is 9.80. The van der Waals surface area contributed by atoms with Crippen LogP contribution in [0.4, 0.5) is 0 Å². The molecular weight excluding hydrogens is 190 g/mol. The van der Waals surface area contributed by atoms with Crippen molar-refractivity contribution in [2.45, 2.75) is 13.3 Å². The Bertz CT molecular complexity index is 210. The summed E-state index contributed by atoms with van der Waals surface area (Å²) in [5, 5.41) is 1.01. The third-order valence-corrected chi connectivity index (χ3v) is 1.71. The molecule has 0 amide bonds. The van der Waals surface area contributed by atoms with Crippen molar-refractivity contribution in [1.82, 2.24) is 4.98 Å². The van der Waals surface area contributed by atoms with Crippen LogP contribution < -0.4 is 0 Å². The van der Waals surface area contributed by atoms with Crippen LogP contribution in [-0.4, -0.2) is 10.3 Å². The number of rotatable bonds is 2. The fourth-order valence-corrected chi connectivity index (χ4v) is 1.32. The van der Waals surface area contributed by atoms with Gasteiger partial charge in [0.2, 0.25) is 0 Å². The molecule has 1 nitrogen and oxygen atoms in total. The van der Waals surface area contributed by atoms with Crippen LogP contribution in [0.5, 0.6) is 0 Å². The van der Waals surface area contributed by atoms with Crippen LogP contribution in [-0.2, 0) is 6.42 Å². The molecule has 1 aromatic rings. The molecule has 1 rings (SSSR count). The van der Waals surface area contributed by atoms with Crippen molar-refractivity contribution in [1.29, 1.82) is 0 Å². The third kappa shape index (κ3) is 2.10. The lowest BCUT2D eigenvalue weighted by Crippen LogP contribution is -1.87. The van der Waals surface area contributed by atoms with Gasteiger partial charge in [0, 0.05) is 17.7 Å². The number of aryl methyl sites for hydroxylation is 2. The van der Waals surface area contributed by atoms with Crippen LogP contribution in [0.2, 0.25) is 0 Å². The fraction of sp³-hybridized carbons (Fsp3) is 0.375. The fourth-order valence-electron chi connectivity index (χ4n) is 0.863. The van der Waals surface area contributed by atoms with Gasteiger partial charge in [-0.25, -0.2) is 0 Å². The molecule has 0 saturated heterocycles. The summed E-state index contributed by atoms with van der Waals surface area (Å²) in [6.07, 6.45) is 4.85. The molecule has 54 valence electrons. The number of hydrogen-bond donors (Lipinski definition) is 0. The highest BCUT2D eigenvalue weighted by Gasteiger charge is 1.90. The van der Waals surface area contributed by atoms with E-state index in [0.29, 0.717) is 0 Å². The Morgan fingerprint density at radius 2 is 2.30 bits per heavy atom. The Morgan fingerprint density at radius 1 is 1.50 bits per heavy atom. The first-order valence-corrected chi connectivity index (χ1v) is 4.41. The van der Waals surface area contributed by atoms with E-state index in [1.807, 2.05) is 12.4 Å². The minimum atomic E-state index is 1.01. The van der Waals surface area contributed by atoms with Crippen LogP contribution in [0, 0.1) is 6.92 Å². The molecule has 0 atom stereocenters. The van der Waals surface area contributed by atoms with Crippen LogP contribution in [0.25, 0.3) is 0 Å². The Balaban J connectivity index is 2.75. The Morgan fingerprint density at radius 3 is 2.90 bits per heavy atom. The zero-order valence-electron chi connectivity index (χ0n) is 5.97. The third-order valence-electron chi connectivity index (χ3n) is 1.31. The second-order valence-corrected chi connectivity index (χ2v) is 3.10. The summed E-state index contributed by atoms with van der Waals surface area (Å²) < 4.78 is 0. The molecule has 0 aromatic carbocycles. The first-order chi connectivity index (χ1) is 4.83. The molecule has 0 saturated carbocycles. The Hall–Kier alpha value is -0.370. The lowest BCUT2D eigenvalue weighted by Gasteiger charge is -1.96. The maximum atomic E-state index is 4.08. The summed E-state index contributed by atoms with van der Waals surface area (Å²) >= 11 is 3.38. The molecule has 0 fully saturated rings. The smallest absolute Gasteiger partial charge is 0.0300 e. The molecule has 0 aliphatic heterocycles. The van der Waals surface area contributed by atoms with Crippen molar-refractivity contribution in [3.63, 3.8) is 0 Å². The molecule has 0 aliphatic rings.